The zero-order chi connectivity index (χ0) is 24.0. The van der Waals surface area contributed by atoms with Crippen molar-refractivity contribution in [2.75, 3.05) is 5.32 Å². The van der Waals surface area contributed by atoms with E-state index in [1.165, 1.54) is 0 Å². The third-order valence-corrected chi connectivity index (χ3v) is 6.07. The number of nitriles is 1. The molecular weight excluding hydrogens is 412 g/mol. The van der Waals surface area contributed by atoms with E-state index in [2.05, 4.69) is 32.2 Å². The molecule has 0 spiro atoms. The Morgan fingerprint density at radius 1 is 1.09 bits per heavy atom. The molecule has 6 nitrogen and oxygen atoms in total. The van der Waals surface area contributed by atoms with Crippen molar-refractivity contribution in [2.45, 2.75) is 71.5 Å². The van der Waals surface area contributed by atoms with Gasteiger partial charge in [0.25, 0.3) is 5.91 Å². The van der Waals surface area contributed by atoms with Crippen molar-refractivity contribution in [2.24, 2.45) is 11.1 Å². The molecule has 2 atom stereocenters. The van der Waals surface area contributed by atoms with E-state index in [1.807, 2.05) is 29.2 Å². The van der Waals surface area contributed by atoms with Gasteiger partial charge < -0.3 is 16.0 Å². The molecule has 2 unspecified atom stereocenters. The molecule has 6 heteroatoms. The number of amides is 2. The first-order valence-corrected chi connectivity index (χ1v) is 11.6. The van der Waals surface area contributed by atoms with Crippen molar-refractivity contribution in [3.05, 3.63) is 65.2 Å². The normalized spacial score (nSPS) is 18.3. The highest BCUT2D eigenvalue weighted by Crippen LogP contribution is 2.29. The van der Waals surface area contributed by atoms with Crippen LogP contribution in [0.25, 0.3) is 0 Å². The lowest BCUT2D eigenvalue weighted by atomic mass is 9.87. The van der Waals surface area contributed by atoms with Gasteiger partial charge in [0.1, 0.15) is 0 Å². The van der Waals surface area contributed by atoms with Gasteiger partial charge in [-0.3, -0.25) is 9.59 Å². The third kappa shape index (κ3) is 6.66. The Morgan fingerprint density at radius 2 is 1.76 bits per heavy atom. The van der Waals surface area contributed by atoms with E-state index < -0.39 is 0 Å². The fourth-order valence-corrected chi connectivity index (χ4v) is 4.33. The summed E-state index contributed by atoms with van der Waals surface area (Å²) >= 11 is 0. The molecule has 2 aromatic carbocycles. The van der Waals surface area contributed by atoms with Gasteiger partial charge in [-0.05, 0) is 54.2 Å². The van der Waals surface area contributed by atoms with Crippen LogP contribution in [0.4, 0.5) is 5.69 Å². The van der Waals surface area contributed by atoms with Gasteiger partial charge in [0.05, 0.1) is 11.6 Å². The van der Waals surface area contributed by atoms with Gasteiger partial charge in [-0.15, -0.1) is 0 Å². The Hall–Kier alpha value is -3.17. The molecule has 0 aromatic heterocycles. The number of hydrogen-bond donors (Lipinski definition) is 2. The van der Waals surface area contributed by atoms with Crippen LogP contribution >= 0.6 is 0 Å². The molecule has 0 aliphatic heterocycles. The third-order valence-electron chi connectivity index (χ3n) is 6.07. The lowest BCUT2D eigenvalue weighted by Gasteiger charge is -2.40. The van der Waals surface area contributed by atoms with Gasteiger partial charge in [-0.2, -0.15) is 5.26 Å². The number of rotatable bonds is 6. The van der Waals surface area contributed by atoms with Gasteiger partial charge in [0.15, 0.2) is 0 Å². The maximum Gasteiger partial charge on any atom is 0.255 e. The predicted octanol–water partition coefficient (Wildman–Crippen LogP) is 4.85. The summed E-state index contributed by atoms with van der Waals surface area (Å²) in [7, 11) is 0. The molecule has 0 saturated heterocycles. The average molecular weight is 447 g/mol. The van der Waals surface area contributed by atoms with Gasteiger partial charge in [0.2, 0.25) is 5.91 Å². The van der Waals surface area contributed by atoms with Crippen LogP contribution < -0.4 is 11.1 Å². The number of anilines is 1. The standard InChI is InChI=1S/C27H34N4O2/c1-27(2,3)16-25(32)31(24-11-7-5-9-22(24)29)18-21-8-4-6-10-23(21)30-26(33)20-14-12-19(17-28)13-15-20/h4,6,8,10,12-15,22,24H,5,7,9,11,16,18,29H2,1-3H3,(H,30,33). The highest BCUT2D eigenvalue weighted by Gasteiger charge is 2.33. The molecule has 2 amide bonds. The molecule has 0 radical (unpaired) electrons. The second-order valence-electron chi connectivity index (χ2n) is 10.1. The number of carbonyl (C=O) groups is 2. The number of para-hydroxylation sites is 1. The van der Waals surface area contributed by atoms with Crippen LogP contribution in [0.3, 0.4) is 0 Å². The highest BCUT2D eigenvalue weighted by molar-refractivity contribution is 6.04. The zero-order valence-corrected chi connectivity index (χ0v) is 19.8. The van der Waals surface area contributed by atoms with E-state index in [1.54, 1.807) is 24.3 Å². The molecular formula is C27H34N4O2. The van der Waals surface area contributed by atoms with E-state index >= 15 is 0 Å². The van der Waals surface area contributed by atoms with Crippen LogP contribution in [0.1, 0.15) is 74.4 Å². The Morgan fingerprint density at radius 3 is 2.39 bits per heavy atom. The van der Waals surface area contributed by atoms with Crippen molar-refractivity contribution in [1.29, 1.82) is 5.26 Å². The zero-order valence-electron chi connectivity index (χ0n) is 19.8. The minimum Gasteiger partial charge on any atom is -0.334 e. The molecule has 0 bridgehead atoms. The Kier molecular flexibility index (Phi) is 7.88. The lowest BCUT2D eigenvalue weighted by Crippen LogP contribution is -2.52. The van der Waals surface area contributed by atoms with E-state index in [0.29, 0.717) is 29.8 Å². The fraction of sp³-hybridized carbons (Fsp3) is 0.444. The molecule has 33 heavy (non-hydrogen) atoms. The Balaban J connectivity index is 1.84. The summed E-state index contributed by atoms with van der Waals surface area (Å²) in [6, 6.07) is 16.1. The first kappa shape index (κ1) is 24.5. The van der Waals surface area contributed by atoms with Gasteiger partial charge >= 0.3 is 0 Å². The average Bonchev–Trinajstić information content (AvgIpc) is 2.78. The summed E-state index contributed by atoms with van der Waals surface area (Å²) in [5, 5.41) is 12.0. The first-order chi connectivity index (χ1) is 15.7. The van der Waals surface area contributed by atoms with Crippen LogP contribution in [0.15, 0.2) is 48.5 Å². The minimum atomic E-state index is -0.256. The second-order valence-corrected chi connectivity index (χ2v) is 10.1. The SMILES string of the molecule is CC(C)(C)CC(=O)N(Cc1ccccc1NC(=O)c1ccc(C#N)cc1)C1CCCCC1N. The van der Waals surface area contributed by atoms with Crippen LogP contribution in [-0.4, -0.2) is 28.8 Å². The number of benzene rings is 2. The summed E-state index contributed by atoms with van der Waals surface area (Å²) in [6.07, 6.45) is 4.42. The number of hydrogen-bond acceptors (Lipinski definition) is 4. The second kappa shape index (κ2) is 10.6. The number of nitrogens with zero attached hydrogens (tertiary/aromatic N) is 2. The van der Waals surface area contributed by atoms with E-state index in [4.69, 9.17) is 11.0 Å². The summed E-state index contributed by atoms with van der Waals surface area (Å²) < 4.78 is 0. The van der Waals surface area contributed by atoms with E-state index in [9.17, 15) is 9.59 Å². The van der Waals surface area contributed by atoms with Crippen LogP contribution in [0, 0.1) is 16.7 Å². The maximum atomic E-state index is 13.4. The predicted molar refractivity (Wildman–Crippen MR) is 130 cm³/mol. The minimum absolute atomic E-state index is 0.00381. The van der Waals surface area contributed by atoms with Crippen LogP contribution in [0.2, 0.25) is 0 Å². The molecule has 1 saturated carbocycles. The van der Waals surface area contributed by atoms with E-state index in [0.717, 1.165) is 31.2 Å². The molecule has 1 fully saturated rings. The molecule has 174 valence electrons. The van der Waals surface area contributed by atoms with Crippen molar-refractivity contribution >= 4 is 17.5 Å². The largest absolute Gasteiger partial charge is 0.334 e. The summed E-state index contributed by atoms with van der Waals surface area (Å²) in [5.41, 5.74) is 8.86. The molecule has 3 rings (SSSR count). The lowest BCUT2D eigenvalue weighted by molar-refractivity contribution is -0.137. The summed E-state index contributed by atoms with van der Waals surface area (Å²) in [6.45, 7) is 6.60. The first-order valence-electron chi connectivity index (χ1n) is 11.6. The van der Waals surface area contributed by atoms with Crippen molar-refractivity contribution in [1.82, 2.24) is 4.90 Å². The topological polar surface area (TPSA) is 99.2 Å². The van der Waals surface area contributed by atoms with Crippen molar-refractivity contribution < 1.29 is 9.59 Å². The van der Waals surface area contributed by atoms with Gasteiger partial charge in [-0.25, -0.2) is 0 Å². The van der Waals surface area contributed by atoms with Crippen LogP contribution in [0.5, 0.6) is 0 Å². The smallest absolute Gasteiger partial charge is 0.255 e. The van der Waals surface area contributed by atoms with Crippen LogP contribution in [-0.2, 0) is 11.3 Å². The highest BCUT2D eigenvalue weighted by atomic mass is 16.2. The summed E-state index contributed by atoms with van der Waals surface area (Å²) in [5.74, 6) is -0.160. The fourth-order valence-electron chi connectivity index (χ4n) is 4.33. The molecule has 1 aliphatic carbocycles. The molecule has 0 heterocycles. The quantitative estimate of drug-likeness (QED) is 0.663. The van der Waals surface area contributed by atoms with Gasteiger partial charge in [0, 0.05) is 36.3 Å². The number of nitrogens with two attached hydrogens (primary N) is 1. The molecule has 1 aliphatic rings. The van der Waals surface area contributed by atoms with Crippen molar-refractivity contribution in [3.8, 4) is 6.07 Å². The van der Waals surface area contributed by atoms with E-state index in [-0.39, 0.29) is 29.3 Å². The Labute approximate surface area is 196 Å². The number of carbonyl (C=O) groups excluding carboxylic acids is 2. The molecule has 3 N–H and O–H groups in total. The van der Waals surface area contributed by atoms with Crippen molar-refractivity contribution in [3.63, 3.8) is 0 Å². The maximum absolute atomic E-state index is 13.4. The molecule has 2 aromatic rings. The summed E-state index contributed by atoms with van der Waals surface area (Å²) in [4.78, 5) is 28.1. The number of nitrogens with one attached hydrogen (secondary N) is 1. The van der Waals surface area contributed by atoms with Gasteiger partial charge in [-0.1, -0.05) is 51.8 Å². The monoisotopic (exact) mass is 446 g/mol. The Bertz CT molecular complexity index is 1020.